The van der Waals surface area contributed by atoms with Crippen molar-refractivity contribution in [1.29, 1.82) is 0 Å². The zero-order valence-corrected chi connectivity index (χ0v) is 29.0. The first kappa shape index (κ1) is 32.6. The fourth-order valence-corrected chi connectivity index (χ4v) is 7.23. The second-order valence-corrected chi connectivity index (χ2v) is 13.9. The van der Waals surface area contributed by atoms with Crippen molar-refractivity contribution >= 4 is 22.7 Å². The van der Waals surface area contributed by atoms with Crippen molar-refractivity contribution in [2.75, 3.05) is 25.1 Å². The largest absolute Gasteiger partial charge is 0.490 e. The van der Waals surface area contributed by atoms with E-state index in [1.165, 1.54) is 6.07 Å². The summed E-state index contributed by atoms with van der Waals surface area (Å²) in [7, 11) is 1.94. The van der Waals surface area contributed by atoms with Gasteiger partial charge in [-0.25, -0.2) is 14.2 Å². The number of pyridine rings is 2. The van der Waals surface area contributed by atoms with Crippen molar-refractivity contribution in [2.45, 2.75) is 66.1 Å². The molecule has 9 nitrogen and oxygen atoms in total. The number of aryl methyl sites for hydroxylation is 2. The predicted octanol–water partition coefficient (Wildman–Crippen LogP) is 8.10. The third-order valence-electron chi connectivity index (χ3n) is 9.49. The summed E-state index contributed by atoms with van der Waals surface area (Å²) in [4.78, 5) is 22.7. The van der Waals surface area contributed by atoms with Crippen LogP contribution in [0.3, 0.4) is 0 Å². The summed E-state index contributed by atoms with van der Waals surface area (Å²) >= 11 is 0. The van der Waals surface area contributed by atoms with Crippen molar-refractivity contribution in [3.63, 3.8) is 0 Å². The third kappa shape index (κ3) is 5.67. The zero-order valence-electron chi connectivity index (χ0n) is 29.0. The van der Waals surface area contributed by atoms with Gasteiger partial charge in [0, 0.05) is 58.7 Å². The van der Waals surface area contributed by atoms with E-state index in [1.807, 2.05) is 69.6 Å². The van der Waals surface area contributed by atoms with Gasteiger partial charge in [-0.1, -0.05) is 0 Å². The minimum atomic E-state index is -1.34. The van der Waals surface area contributed by atoms with Gasteiger partial charge in [-0.3, -0.25) is 4.98 Å². The lowest BCUT2D eigenvalue weighted by molar-refractivity contribution is -0.160. The lowest BCUT2D eigenvalue weighted by Crippen LogP contribution is -2.28. The maximum atomic E-state index is 15.8. The van der Waals surface area contributed by atoms with E-state index >= 15 is 4.39 Å². The van der Waals surface area contributed by atoms with Gasteiger partial charge in [-0.2, -0.15) is 0 Å². The van der Waals surface area contributed by atoms with Gasteiger partial charge in [0.2, 0.25) is 0 Å². The molecule has 0 bridgehead atoms. The molecule has 0 radical (unpaired) electrons. The molecule has 2 aliphatic rings. The Kier molecular flexibility index (Phi) is 8.10. The van der Waals surface area contributed by atoms with Crippen LogP contribution in [0, 0.1) is 26.6 Å². The summed E-state index contributed by atoms with van der Waals surface area (Å²) in [6.45, 7) is 13.1. The van der Waals surface area contributed by atoms with Gasteiger partial charge >= 0.3 is 5.97 Å². The maximum absolute atomic E-state index is 15.8. The number of hydrogen-bond donors (Lipinski definition) is 2. The standard InChI is InChI=1S/C39H41FN4O5/c1-20-25-9-8-15-48-35(25)28(40)18-26(20)33-27-19-30(44(7)37(27)43-22(3)32(33)36(38(45)46)49-39(4,5)6)23-12-13-41-29(17-23)24-10-11-31-34(21(24)2)42-14-16-47-31/h10-13,17-19,36,42H,8-9,14-16H2,1-7H3,(H,45,46)/t36-/m0/s1. The average Bonchev–Trinajstić information content (AvgIpc) is 3.40. The molecule has 254 valence electrons. The van der Waals surface area contributed by atoms with Gasteiger partial charge < -0.3 is 29.2 Å². The van der Waals surface area contributed by atoms with E-state index in [4.69, 9.17) is 24.2 Å². The lowest BCUT2D eigenvalue weighted by Gasteiger charge is -2.29. The van der Waals surface area contributed by atoms with E-state index in [2.05, 4.69) is 12.2 Å². The van der Waals surface area contributed by atoms with Crippen LogP contribution in [0.1, 0.15) is 61.2 Å². The fraction of sp³-hybridized carbons (Fsp3) is 0.359. The Morgan fingerprint density at radius 2 is 1.86 bits per heavy atom. The first-order valence-corrected chi connectivity index (χ1v) is 16.7. The van der Waals surface area contributed by atoms with Crippen LogP contribution in [0.5, 0.6) is 11.5 Å². The van der Waals surface area contributed by atoms with Gasteiger partial charge in [0.05, 0.1) is 29.3 Å². The van der Waals surface area contributed by atoms with Crippen molar-refractivity contribution in [1.82, 2.24) is 14.5 Å². The van der Waals surface area contributed by atoms with E-state index < -0.39 is 23.5 Å². The van der Waals surface area contributed by atoms with Crippen molar-refractivity contribution < 1.29 is 28.5 Å². The normalized spacial score (nSPS) is 14.8. The summed E-state index contributed by atoms with van der Waals surface area (Å²) in [6, 6.07) is 11.5. The zero-order chi connectivity index (χ0) is 34.8. The van der Waals surface area contributed by atoms with Crippen LogP contribution in [0.4, 0.5) is 10.1 Å². The molecular formula is C39H41FN4O5. The highest BCUT2D eigenvalue weighted by atomic mass is 19.1. The van der Waals surface area contributed by atoms with Crippen LogP contribution < -0.4 is 14.8 Å². The molecule has 2 N–H and O–H groups in total. The Balaban J connectivity index is 1.48. The predicted molar refractivity (Wildman–Crippen MR) is 188 cm³/mol. The smallest absolute Gasteiger partial charge is 0.337 e. The van der Waals surface area contributed by atoms with Gasteiger partial charge in [0.15, 0.2) is 17.7 Å². The summed E-state index contributed by atoms with van der Waals surface area (Å²) < 4.78 is 35.6. The van der Waals surface area contributed by atoms with Crippen LogP contribution in [0.25, 0.3) is 44.7 Å². The number of aromatic nitrogens is 3. The summed E-state index contributed by atoms with van der Waals surface area (Å²) in [5.74, 6) is -0.510. The first-order chi connectivity index (χ1) is 23.3. The molecule has 0 aliphatic carbocycles. The number of halogens is 1. The Bertz CT molecular complexity index is 2150. The number of anilines is 1. The molecular weight excluding hydrogens is 623 g/mol. The van der Waals surface area contributed by atoms with Gasteiger partial charge in [0.25, 0.3) is 0 Å². The topological polar surface area (TPSA) is 108 Å². The Morgan fingerprint density at radius 3 is 2.61 bits per heavy atom. The molecule has 0 saturated carbocycles. The number of rotatable bonds is 6. The first-order valence-electron chi connectivity index (χ1n) is 16.7. The average molecular weight is 665 g/mol. The fourth-order valence-electron chi connectivity index (χ4n) is 7.23. The number of aliphatic carboxylic acids is 1. The number of ether oxygens (including phenoxy) is 3. The van der Waals surface area contributed by atoms with E-state index in [0.717, 1.165) is 63.6 Å². The Labute approximate surface area is 285 Å². The molecule has 3 aromatic heterocycles. The lowest BCUT2D eigenvalue weighted by atomic mass is 9.86. The molecule has 10 heteroatoms. The molecule has 0 unspecified atom stereocenters. The molecule has 2 aliphatic heterocycles. The highest BCUT2D eigenvalue weighted by molar-refractivity contribution is 6.01. The van der Waals surface area contributed by atoms with Gasteiger partial charge in [0.1, 0.15) is 18.0 Å². The number of nitrogens with zero attached hydrogens (tertiary/aromatic N) is 3. The second-order valence-electron chi connectivity index (χ2n) is 13.9. The highest BCUT2D eigenvalue weighted by Gasteiger charge is 2.34. The molecule has 0 saturated heterocycles. The Hall–Kier alpha value is -4.96. The van der Waals surface area contributed by atoms with E-state index in [9.17, 15) is 9.90 Å². The molecule has 0 spiro atoms. The quantitative estimate of drug-likeness (QED) is 0.188. The van der Waals surface area contributed by atoms with Crippen LogP contribution in [0.15, 0.2) is 42.6 Å². The molecule has 5 aromatic rings. The molecule has 7 rings (SSSR count). The summed E-state index contributed by atoms with van der Waals surface area (Å²) in [6.07, 6.45) is 1.88. The van der Waals surface area contributed by atoms with Gasteiger partial charge in [-0.05, 0) is 107 Å². The van der Waals surface area contributed by atoms with E-state index in [0.29, 0.717) is 53.1 Å². The second kappa shape index (κ2) is 12.2. The van der Waals surface area contributed by atoms with Crippen LogP contribution in [-0.2, 0) is 23.0 Å². The number of hydrogen-bond acceptors (Lipinski definition) is 7. The number of fused-ring (bicyclic) bond motifs is 3. The molecule has 49 heavy (non-hydrogen) atoms. The Morgan fingerprint density at radius 1 is 1.06 bits per heavy atom. The maximum Gasteiger partial charge on any atom is 0.337 e. The van der Waals surface area contributed by atoms with Crippen LogP contribution >= 0.6 is 0 Å². The van der Waals surface area contributed by atoms with Crippen LogP contribution in [-0.4, -0.2) is 51.0 Å². The molecule has 0 amide bonds. The summed E-state index contributed by atoms with van der Waals surface area (Å²) in [5.41, 5.74) is 9.17. The number of carboxylic acids is 1. The highest BCUT2D eigenvalue weighted by Crippen LogP contribution is 2.46. The number of carboxylic acid groups (broad SMARTS) is 1. The summed E-state index contributed by atoms with van der Waals surface area (Å²) in [5, 5.41) is 14.7. The minimum absolute atomic E-state index is 0.272. The SMILES string of the molecule is Cc1nc2c(cc(-c3ccnc(-c4ccc5c(c4C)NCCO5)c3)n2C)c(-c2cc(F)c3c(c2C)CCCO3)c1[C@H](OC(C)(C)C)C(=O)O. The van der Waals surface area contributed by atoms with Crippen molar-refractivity contribution in [2.24, 2.45) is 7.05 Å². The van der Waals surface area contributed by atoms with Crippen molar-refractivity contribution in [3.8, 4) is 45.1 Å². The van der Waals surface area contributed by atoms with E-state index in [-0.39, 0.29) is 5.75 Å². The number of benzene rings is 2. The minimum Gasteiger partial charge on any atom is -0.490 e. The van der Waals surface area contributed by atoms with Crippen molar-refractivity contribution in [3.05, 3.63) is 76.4 Å². The van der Waals surface area contributed by atoms with E-state index in [1.54, 1.807) is 13.1 Å². The monoisotopic (exact) mass is 664 g/mol. The number of carbonyl (C=O) groups is 1. The van der Waals surface area contributed by atoms with Crippen LogP contribution in [0.2, 0.25) is 0 Å². The third-order valence-corrected chi connectivity index (χ3v) is 9.49. The number of nitrogens with one attached hydrogen (secondary N) is 1. The molecule has 0 fully saturated rings. The molecule has 5 heterocycles. The molecule has 1 atom stereocenters. The molecule has 2 aromatic carbocycles. The van der Waals surface area contributed by atoms with Gasteiger partial charge in [-0.15, -0.1) is 0 Å².